The predicted molar refractivity (Wildman–Crippen MR) is 82.6 cm³/mol. The minimum atomic E-state index is 0.342. The van der Waals surface area contributed by atoms with E-state index in [4.69, 9.17) is 5.73 Å². The third kappa shape index (κ3) is 3.43. The van der Waals surface area contributed by atoms with Crippen molar-refractivity contribution in [1.82, 2.24) is 9.97 Å². The zero-order chi connectivity index (χ0) is 14.5. The van der Waals surface area contributed by atoms with E-state index in [1.807, 2.05) is 0 Å². The standard InChI is InChI=1S/C15H22N4S/c1-3-10(2)20-15-18-13(11-7-5-4-6-8-11)12(9-16)14(17)19-15/h10-11H,3-8H2,1-2H3,(H2,17,18,19). The van der Waals surface area contributed by atoms with Crippen molar-refractivity contribution in [3.05, 3.63) is 11.3 Å². The van der Waals surface area contributed by atoms with E-state index in [1.54, 1.807) is 11.8 Å². The third-order valence-electron chi connectivity index (χ3n) is 3.93. The second-order valence-corrected chi connectivity index (χ2v) is 6.84. The maximum absolute atomic E-state index is 9.33. The number of thioether (sulfide) groups is 1. The van der Waals surface area contributed by atoms with Crippen LogP contribution < -0.4 is 5.73 Å². The van der Waals surface area contributed by atoms with Crippen molar-refractivity contribution in [2.24, 2.45) is 0 Å². The molecule has 0 aromatic carbocycles. The Kier molecular flexibility index (Phi) is 5.24. The minimum Gasteiger partial charge on any atom is -0.382 e. The normalized spacial score (nSPS) is 17.6. The summed E-state index contributed by atoms with van der Waals surface area (Å²) in [6.07, 6.45) is 7.00. The number of nitrogen functional groups attached to an aromatic ring is 1. The highest BCUT2D eigenvalue weighted by Crippen LogP contribution is 2.35. The number of aromatic nitrogens is 2. The molecule has 4 nitrogen and oxygen atoms in total. The highest BCUT2D eigenvalue weighted by Gasteiger charge is 2.23. The van der Waals surface area contributed by atoms with E-state index in [-0.39, 0.29) is 0 Å². The third-order valence-corrected chi connectivity index (χ3v) is 5.06. The van der Waals surface area contributed by atoms with Gasteiger partial charge in [0.15, 0.2) is 5.16 Å². The summed E-state index contributed by atoms with van der Waals surface area (Å²) in [5.74, 6) is 0.717. The Morgan fingerprint density at radius 1 is 1.35 bits per heavy atom. The fraction of sp³-hybridized carbons (Fsp3) is 0.667. The van der Waals surface area contributed by atoms with Gasteiger partial charge in [0, 0.05) is 11.2 Å². The van der Waals surface area contributed by atoms with Crippen LogP contribution in [0.15, 0.2) is 5.16 Å². The highest BCUT2D eigenvalue weighted by atomic mass is 32.2. The van der Waals surface area contributed by atoms with Gasteiger partial charge in [-0.15, -0.1) is 0 Å². The summed E-state index contributed by atoms with van der Waals surface area (Å²) in [6, 6.07) is 2.20. The lowest BCUT2D eigenvalue weighted by atomic mass is 9.85. The number of hydrogen-bond acceptors (Lipinski definition) is 5. The van der Waals surface area contributed by atoms with Gasteiger partial charge in [-0.3, -0.25) is 0 Å². The molecule has 0 saturated heterocycles. The van der Waals surface area contributed by atoms with Crippen LogP contribution in [-0.2, 0) is 0 Å². The van der Waals surface area contributed by atoms with Gasteiger partial charge >= 0.3 is 0 Å². The minimum absolute atomic E-state index is 0.342. The molecule has 0 radical (unpaired) electrons. The summed E-state index contributed by atoms with van der Waals surface area (Å²) in [5, 5.41) is 10.5. The van der Waals surface area contributed by atoms with Crippen molar-refractivity contribution in [1.29, 1.82) is 5.26 Å². The topological polar surface area (TPSA) is 75.6 Å². The van der Waals surface area contributed by atoms with Crippen LogP contribution >= 0.6 is 11.8 Å². The molecular formula is C15H22N4S. The molecule has 20 heavy (non-hydrogen) atoms. The SMILES string of the molecule is CCC(C)Sc1nc(N)c(C#N)c(C2CCCCC2)n1. The smallest absolute Gasteiger partial charge is 0.190 e. The Hall–Kier alpha value is -1.28. The number of nitrogens with zero attached hydrogens (tertiary/aromatic N) is 3. The van der Waals surface area contributed by atoms with E-state index in [9.17, 15) is 5.26 Å². The molecule has 1 aromatic rings. The number of rotatable bonds is 4. The zero-order valence-electron chi connectivity index (χ0n) is 12.2. The van der Waals surface area contributed by atoms with E-state index in [0.29, 0.717) is 22.5 Å². The molecule has 5 heteroatoms. The number of hydrogen-bond donors (Lipinski definition) is 1. The summed E-state index contributed by atoms with van der Waals surface area (Å²) >= 11 is 1.64. The van der Waals surface area contributed by atoms with Crippen molar-refractivity contribution >= 4 is 17.6 Å². The van der Waals surface area contributed by atoms with Gasteiger partial charge in [0.05, 0.1) is 5.69 Å². The Labute approximate surface area is 125 Å². The summed E-state index contributed by atoms with van der Waals surface area (Å²) in [5.41, 5.74) is 7.34. The molecule has 1 fully saturated rings. The highest BCUT2D eigenvalue weighted by molar-refractivity contribution is 7.99. The molecule has 0 bridgehead atoms. The van der Waals surface area contributed by atoms with E-state index in [2.05, 4.69) is 29.9 Å². The quantitative estimate of drug-likeness (QED) is 0.673. The van der Waals surface area contributed by atoms with Crippen LogP contribution in [-0.4, -0.2) is 15.2 Å². The second kappa shape index (κ2) is 6.94. The van der Waals surface area contributed by atoms with Gasteiger partial charge in [-0.25, -0.2) is 9.97 Å². The zero-order valence-corrected chi connectivity index (χ0v) is 13.0. The maximum Gasteiger partial charge on any atom is 0.190 e. The fourth-order valence-electron chi connectivity index (χ4n) is 2.58. The lowest BCUT2D eigenvalue weighted by Crippen LogP contribution is -2.13. The van der Waals surface area contributed by atoms with Gasteiger partial charge < -0.3 is 5.73 Å². The lowest BCUT2D eigenvalue weighted by molar-refractivity contribution is 0.433. The van der Waals surface area contributed by atoms with Gasteiger partial charge in [-0.1, -0.05) is 44.9 Å². The van der Waals surface area contributed by atoms with Gasteiger partial charge in [0.25, 0.3) is 0 Å². The van der Waals surface area contributed by atoms with E-state index in [0.717, 1.165) is 30.1 Å². The molecule has 1 aliphatic carbocycles. The van der Waals surface area contributed by atoms with Crippen molar-refractivity contribution in [2.45, 2.75) is 68.7 Å². The van der Waals surface area contributed by atoms with Gasteiger partial charge in [-0.2, -0.15) is 5.26 Å². The fourth-order valence-corrected chi connectivity index (χ4v) is 3.40. The summed E-state index contributed by atoms with van der Waals surface area (Å²) in [4.78, 5) is 8.96. The van der Waals surface area contributed by atoms with Crippen LogP contribution in [0.5, 0.6) is 0 Å². The Morgan fingerprint density at radius 2 is 2.05 bits per heavy atom. The van der Waals surface area contributed by atoms with E-state index in [1.165, 1.54) is 19.3 Å². The van der Waals surface area contributed by atoms with Crippen LogP contribution in [0.2, 0.25) is 0 Å². The molecule has 1 aromatic heterocycles. The Balaban J connectivity index is 2.34. The van der Waals surface area contributed by atoms with Crippen molar-refractivity contribution in [3.8, 4) is 6.07 Å². The first-order valence-corrected chi connectivity index (χ1v) is 8.27. The molecule has 1 saturated carbocycles. The first kappa shape index (κ1) is 15.1. The van der Waals surface area contributed by atoms with Crippen molar-refractivity contribution in [3.63, 3.8) is 0 Å². The van der Waals surface area contributed by atoms with Crippen molar-refractivity contribution in [2.75, 3.05) is 5.73 Å². The van der Waals surface area contributed by atoms with Gasteiger partial charge in [0.1, 0.15) is 17.5 Å². The molecule has 1 aliphatic rings. The molecular weight excluding hydrogens is 268 g/mol. The molecule has 108 valence electrons. The average Bonchev–Trinajstić information content (AvgIpc) is 2.47. The first-order valence-electron chi connectivity index (χ1n) is 7.39. The molecule has 0 aliphatic heterocycles. The Bertz CT molecular complexity index is 503. The number of anilines is 1. The van der Waals surface area contributed by atoms with Crippen LogP contribution in [0.3, 0.4) is 0 Å². The largest absolute Gasteiger partial charge is 0.382 e. The summed E-state index contributed by atoms with van der Waals surface area (Å²) in [7, 11) is 0. The molecule has 0 spiro atoms. The van der Waals surface area contributed by atoms with Gasteiger partial charge in [-0.05, 0) is 19.3 Å². The van der Waals surface area contributed by atoms with E-state index < -0.39 is 0 Å². The molecule has 2 N–H and O–H groups in total. The van der Waals surface area contributed by atoms with Crippen LogP contribution in [0.25, 0.3) is 0 Å². The Morgan fingerprint density at radius 3 is 2.65 bits per heavy atom. The number of nitriles is 1. The van der Waals surface area contributed by atoms with Crippen LogP contribution in [0.4, 0.5) is 5.82 Å². The average molecular weight is 290 g/mol. The van der Waals surface area contributed by atoms with Crippen LogP contribution in [0, 0.1) is 11.3 Å². The predicted octanol–water partition coefficient (Wildman–Crippen LogP) is 3.87. The lowest BCUT2D eigenvalue weighted by Gasteiger charge is -2.22. The number of nitrogens with two attached hydrogens (primary N) is 1. The molecule has 1 atom stereocenters. The van der Waals surface area contributed by atoms with Gasteiger partial charge in [0.2, 0.25) is 0 Å². The monoisotopic (exact) mass is 290 g/mol. The van der Waals surface area contributed by atoms with Crippen molar-refractivity contribution < 1.29 is 0 Å². The molecule has 1 unspecified atom stereocenters. The maximum atomic E-state index is 9.33. The second-order valence-electron chi connectivity index (χ2n) is 5.44. The summed E-state index contributed by atoms with van der Waals surface area (Å²) in [6.45, 7) is 4.30. The van der Waals surface area contributed by atoms with Crippen LogP contribution in [0.1, 0.15) is 69.5 Å². The molecule has 1 heterocycles. The molecule has 0 amide bonds. The summed E-state index contributed by atoms with van der Waals surface area (Å²) < 4.78 is 0. The van der Waals surface area contributed by atoms with E-state index >= 15 is 0 Å². The first-order chi connectivity index (χ1) is 9.65. The molecule has 2 rings (SSSR count).